The molecule has 0 N–H and O–H groups in total. The van der Waals surface area contributed by atoms with Crippen LogP contribution in [-0.4, -0.2) is 30.3 Å². The summed E-state index contributed by atoms with van der Waals surface area (Å²) < 4.78 is 0. The Morgan fingerprint density at radius 2 is 2.73 bits per heavy atom. The minimum atomic E-state index is -0.173. The maximum atomic E-state index is 10.9. The average molecular weight is 152 g/mol. The zero-order chi connectivity index (χ0) is 8.10. The highest BCUT2D eigenvalue weighted by Gasteiger charge is 2.09. The second-order valence-electron chi connectivity index (χ2n) is 2.17. The maximum absolute atomic E-state index is 10.9. The van der Waals surface area contributed by atoms with Crippen molar-refractivity contribution in [2.45, 2.75) is 6.42 Å². The van der Waals surface area contributed by atoms with Crippen molar-refractivity contribution in [3.8, 4) is 0 Å². The van der Waals surface area contributed by atoms with Gasteiger partial charge < -0.3 is 0 Å². The van der Waals surface area contributed by atoms with Gasteiger partial charge in [-0.05, 0) is 0 Å². The third kappa shape index (κ3) is 2.41. The molecule has 59 valence electrons. The zero-order valence-corrected chi connectivity index (χ0v) is 6.23. The number of nitrogens with zero attached hydrogens (tertiary/aromatic N) is 3. The Hall–Kier alpha value is -1.32. The summed E-state index contributed by atoms with van der Waals surface area (Å²) in [5, 5.41) is 1.55. The highest BCUT2D eigenvalue weighted by atomic mass is 16.2. The number of hydrogen-bond acceptors (Lipinski definition) is 3. The molecule has 1 heterocycles. The number of carbonyl (C=O) groups excluding carboxylic acids is 1. The van der Waals surface area contributed by atoms with Gasteiger partial charge in [-0.3, -0.25) is 9.79 Å². The predicted molar refractivity (Wildman–Crippen MR) is 42.0 cm³/mol. The van der Waals surface area contributed by atoms with Crippen molar-refractivity contribution in [3.63, 3.8) is 0 Å². The molecular weight excluding hydrogens is 142 g/mol. The SMILES string of the molecule is C=CCC(=O)[N]N1C=NCC1. The average Bonchev–Trinajstić information content (AvgIpc) is 2.40. The molecule has 0 aromatic rings. The quantitative estimate of drug-likeness (QED) is 0.532. The van der Waals surface area contributed by atoms with E-state index >= 15 is 0 Å². The van der Waals surface area contributed by atoms with Gasteiger partial charge in [0.25, 0.3) is 5.91 Å². The summed E-state index contributed by atoms with van der Waals surface area (Å²) in [4.78, 5) is 14.8. The molecule has 0 aliphatic carbocycles. The Kier molecular flexibility index (Phi) is 2.66. The van der Waals surface area contributed by atoms with Crippen LogP contribution in [0.25, 0.3) is 0 Å². The normalized spacial score (nSPS) is 15.1. The molecule has 0 saturated heterocycles. The molecule has 1 radical (unpaired) electrons. The predicted octanol–water partition coefficient (Wildman–Crippen LogP) is -0.0476. The van der Waals surface area contributed by atoms with Crippen molar-refractivity contribution in [1.29, 1.82) is 0 Å². The van der Waals surface area contributed by atoms with Crippen LogP contribution in [0.3, 0.4) is 0 Å². The van der Waals surface area contributed by atoms with Gasteiger partial charge >= 0.3 is 0 Å². The molecule has 4 nitrogen and oxygen atoms in total. The number of amides is 1. The van der Waals surface area contributed by atoms with Crippen LogP contribution in [0.15, 0.2) is 17.6 Å². The van der Waals surface area contributed by atoms with Gasteiger partial charge in [-0.1, -0.05) is 6.08 Å². The molecule has 1 rings (SSSR count). The van der Waals surface area contributed by atoms with Crippen LogP contribution >= 0.6 is 0 Å². The number of aliphatic imine (C=N–C) groups is 1. The third-order valence-corrected chi connectivity index (χ3v) is 1.23. The fourth-order valence-corrected chi connectivity index (χ4v) is 0.753. The lowest BCUT2D eigenvalue weighted by atomic mass is 10.4. The molecule has 1 amide bonds. The van der Waals surface area contributed by atoms with E-state index in [1.54, 1.807) is 17.4 Å². The lowest BCUT2D eigenvalue weighted by Crippen LogP contribution is -2.33. The fourth-order valence-electron chi connectivity index (χ4n) is 0.753. The molecule has 0 aromatic carbocycles. The lowest BCUT2D eigenvalue weighted by Gasteiger charge is -2.09. The van der Waals surface area contributed by atoms with Crippen molar-refractivity contribution >= 4 is 12.2 Å². The molecule has 0 bridgehead atoms. The van der Waals surface area contributed by atoms with E-state index in [2.05, 4.69) is 17.0 Å². The molecule has 0 aromatic heterocycles. The summed E-state index contributed by atoms with van der Waals surface area (Å²) in [6.45, 7) is 4.88. The van der Waals surface area contributed by atoms with Crippen LogP contribution in [-0.2, 0) is 4.79 Å². The van der Waals surface area contributed by atoms with Gasteiger partial charge in [-0.25, -0.2) is 5.01 Å². The van der Waals surface area contributed by atoms with E-state index < -0.39 is 0 Å². The van der Waals surface area contributed by atoms with Gasteiger partial charge in [0.1, 0.15) is 6.34 Å². The van der Waals surface area contributed by atoms with E-state index in [-0.39, 0.29) is 5.91 Å². The Bertz CT molecular complexity index is 188. The first kappa shape index (κ1) is 7.78. The lowest BCUT2D eigenvalue weighted by molar-refractivity contribution is -0.123. The molecule has 0 saturated carbocycles. The minimum absolute atomic E-state index is 0.173. The fraction of sp³-hybridized carbons (Fsp3) is 0.429. The number of carbonyl (C=O) groups is 1. The van der Waals surface area contributed by atoms with Gasteiger partial charge in [-0.15, -0.1) is 12.0 Å². The molecule has 0 unspecified atom stereocenters. The van der Waals surface area contributed by atoms with E-state index in [0.29, 0.717) is 13.0 Å². The second-order valence-corrected chi connectivity index (χ2v) is 2.17. The Balaban J connectivity index is 2.24. The van der Waals surface area contributed by atoms with E-state index in [0.717, 1.165) is 6.54 Å². The first-order valence-corrected chi connectivity index (χ1v) is 3.45. The molecule has 1 aliphatic heterocycles. The third-order valence-electron chi connectivity index (χ3n) is 1.23. The van der Waals surface area contributed by atoms with Crippen LogP contribution < -0.4 is 5.43 Å². The van der Waals surface area contributed by atoms with Crippen LogP contribution in [0.4, 0.5) is 0 Å². The topological polar surface area (TPSA) is 46.8 Å². The number of rotatable bonds is 3. The molecule has 0 fully saturated rings. The summed E-state index contributed by atoms with van der Waals surface area (Å²) in [6.07, 6.45) is 3.41. The molecule has 4 heteroatoms. The van der Waals surface area contributed by atoms with Crippen LogP contribution in [0.2, 0.25) is 0 Å². The van der Waals surface area contributed by atoms with E-state index in [1.807, 2.05) is 0 Å². The van der Waals surface area contributed by atoms with Crippen LogP contribution in [0, 0.1) is 0 Å². The molecule has 0 atom stereocenters. The van der Waals surface area contributed by atoms with E-state index in [1.165, 1.54) is 0 Å². The Morgan fingerprint density at radius 3 is 3.27 bits per heavy atom. The molecule has 0 spiro atoms. The van der Waals surface area contributed by atoms with Crippen molar-refractivity contribution in [3.05, 3.63) is 12.7 Å². The Labute approximate surface area is 65.6 Å². The summed E-state index contributed by atoms with van der Waals surface area (Å²) in [6, 6.07) is 0. The monoisotopic (exact) mass is 152 g/mol. The van der Waals surface area contributed by atoms with Gasteiger partial charge in [0.2, 0.25) is 0 Å². The first-order valence-electron chi connectivity index (χ1n) is 3.45. The van der Waals surface area contributed by atoms with E-state index in [9.17, 15) is 4.79 Å². The van der Waals surface area contributed by atoms with E-state index in [4.69, 9.17) is 0 Å². The van der Waals surface area contributed by atoms with Crippen LogP contribution in [0.1, 0.15) is 6.42 Å². The number of hydrogen-bond donors (Lipinski definition) is 0. The standard InChI is InChI=1S/C7H10N3O/c1-2-3-7(11)9-10-5-4-8-6-10/h2,6H,1,3-5H2. The minimum Gasteiger partial charge on any atom is -0.272 e. The van der Waals surface area contributed by atoms with Crippen molar-refractivity contribution in [2.24, 2.45) is 4.99 Å². The van der Waals surface area contributed by atoms with Gasteiger partial charge in [-0.2, -0.15) is 0 Å². The Morgan fingerprint density at radius 1 is 1.91 bits per heavy atom. The summed E-state index contributed by atoms with van der Waals surface area (Å²) in [5.41, 5.74) is 3.74. The molecule has 11 heavy (non-hydrogen) atoms. The van der Waals surface area contributed by atoms with Crippen molar-refractivity contribution in [2.75, 3.05) is 13.1 Å². The molecule has 1 aliphatic rings. The van der Waals surface area contributed by atoms with Gasteiger partial charge in [0, 0.05) is 6.42 Å². The van der Waals surface area contributed by atoms with Crippen LogP contribution in [0.5, 0.6) is 0 Å². The first-order chi connectivity index (χ1) is 5.33. The summed E-state index contributed by atoms with van der Waals surface area (Å²) in [5.74, 6) is -0.173. The largest absolute Gasteiger partial charge is 0.272 e. The van der Waals surface area contributed by atoms with Crippen molar-refractivity contribution in [1.82, 2.24) is 10.4 Å². The van der Waals surface area contributed by atoms with Crippen molar-refractivity contribution < 1.29 is 4.79 Å². The van der Waals surface area contributed by atoms with Gasteiger partial charge in [0.05, 0.1) is 13.1 Å². The summed E-state index contributed by atoms with van der Waals surface area (Å²) in [7, 11) is 0. The second kappa shape index (κ2) is 3.75. The smallest absolute Gasteiger partial charge is 0.266 e. The van der Waals surface area contributed by atoms with Gasteiger partial charge in [0.15, 0.2) is 0 Å². The highest BCUT2D eigenvalue weighted by molar-refractivity contribution is 5.78. The zero-order valence-electron chi connectivity index (χ0n) is 6.23. The highest BCUT2D eigenvalue weighted by Crippen LogP contribution is 1.91. The summed E-state index contributed by atoms with van der Waals surface area (Å²) >= 11 is 0. The maximum Gasteiger partial charge on any atom is 0.266 e. The molecular formula is C7H10N3O.